The summed E-state index contributed by atoms with van der Waals surface area (Å²) in [7, 11) is 1.83. The van der Waals surface area contributed by atoms with E-state index in [4.69, 9.17) is 0 Å². The van der Waals surface area contributed by atoms with E-state index in [1.165, 1.54) is 35.7 Å². The molecule has 2 heterocycles. The zero-order chi connectivity index (χ0) is 17.5. The molecule has 2 atom stereocenters. The number of piperidine rings is 1. The van der Waals surface area contributed by atoms with Crippen LogP contribution in [0.25, 0.3) is 0 Å². The number of hydrogen-bond acceptors (Lipinski definition) is 4. The number of nitrogens with zero attached hydrogens (tertiary/aromatic N) is 3. The summed E-state index contributed by atoms with van der Waals surface area (Å²) in [5.74, 6) is 0.886. The highest BCUT2D eigenvalue weighted by Gasteiger charge is 2.22. The van der Waals surface area contributed by atoms with E-state index in [0.29, 0.717) is 12.1 Å². The summed E-state index contributed by atoms with van der Waals surface area (Å²) in [4.78, 5) is 12.9. The lowest BCUT2D eigenvalue weighted by Crippen LogP contribution is -2.50. The highest BCUT2D eigenvalue weighted by Crippen LogP contribution is 2.18. The molecular weight excluding hydrogens is 318 g/mol. The number of likely N-dealkylation sites (tertiary alicyclic amines) is 1. The molecule has 1 aliphatic heterocycles. The van der Waals surface area contributed by atoms with Crippen LogP contribution < -0.4 is 10.6 Å². The van der Waals surface area contributed by atoms with E-state index in [9.17, 15) is 0 Å². The maximum Gasteiger partial charge on any atom is 0.191 e. The molecule has 2 unspecified atom stereocenters. The van der Waals surface area contributed by atoms with Gasteiger partial charge in [-0.15, -0.1) is 11.3 Å². The second-order valence-corrected chi connectivity index (χ2v) is 8.10. The molecule has 0 spiro atoms. The molecule has 0 radical (unpaired) electrons. The Kier molecular flexibility index (Phi) is 7.49. The number of thiazole rings is 1. The van der Waals surface area contributed by atoms with Crippen molar-refractivity contribution in [2.75, 3.05) is 26.7 Å². The topological polar surface area (TPSA) is 52.6 Å². The Morgan fingerprint density at radius 2 is 2.17 bits per heavy atom. The van der Waals surface area contributed by atoms with Crippen LogP contribution in [0.15, 0.2) is 4.99 Å². The van der Waals surface area contributed by atoms with E-state index < -0.39 is 0 Å². The fourth-order valence-electron chi connectivity index (χ4n) is 3.29. The summed E-state index contributed by atoms with van der Waals surface area (Å²) in [5.41, 5.74) is 1.15. The molecule has 0 aliphatic carbocycles. The van der Waals surface area contributed by atoms with Crippen LogP contribution in [0.3, 0.4) is 0 Å². The fourth-order valence-corrected chi connectivity index (χ4v) is 4.22. The van der Waals surface area contributed by atoms with Gasteiger partial charge in [0.05, 0.1) is 10.7 Å². The summed E-state index contributed by atoms with van der Waals surface area (Å²) in [6.45, 7) is 11.9. The predicted molar refractivity (Wildman–Crippen MR) is 104 cm³/mol. The van der Waals surface area contributed by atoms with Gasteiger partial charge in [-0.1, -0.05) is 6.42 Å². The van der Waals surface area contributed by atoms with Gasteiger partial charge in [0, 0.05) is 43.5 Å². The highest BCUT2D eigenvalue weighted by atomic mass is 32.1. The Bertz CT molecular complexity index is 520. The van der Waals surface area contributed by atoms with Gasteiger partial charge in [0.25, 0.3) is 0 Å². The summed E-state index contributed by atoms with van der Waals surface area (Å²) in [6.07, 6.45) is 4.97. The Hall–Kier alpha value is -1.14. The largest absolute Gasteiger partial charge is 0.356 e. The van der Waals surface area contributed by atoms with Crippen LogP contribution in [0.1, 0.15) is 48.7 Å². The van der Waals surface area contributed by atoms with E-state index in [1.807, 2.05) is 7.05 Å². The first kappa shape index (κ1) is 19.2. The first-order valence-corrected chi connectivity index (χ1v) is 9.96. The molecule has 6 heteroatoms. The average molecular weight is 352 g/mol. The number of aromatic nitrogens is 1. The van der Waals surface area contributed by atoms with E-state index >= 15 is 0 Å². The fraction of sp³-hybridized carbons (Fsp3) is 0.778. The van der Waals surface area contributed by atoms with Crippen molar-refractivity contribution in [2.45, 2.75) is 65.5 Å². The minimum absolute atomic E-state index is 0.531. The molecule has 1 fully saturated rings. The van der Waals surface area contributed by atoms with Crippen molar-refractivity contribution in [3.8, 4) is 0 Å². The minimum atomic E-state index is 0.531. The smallest absolute Gasteiger partial charge is 0.191 e. The summed E-state index contributed by atoms with van der Waals surface area (Å²) >= 11 is 1.79. The van der Waals surface area contributed by atoms with Crippen molar-refractivity contribution < 1.29 is 0 Å². The van der Waals surface area contributed by atoms with Gasteiger partial charge >= 0.3 is 0 Å². The molecule has 136 valence electrons. The number of nitrogens with one attached hydrogen (secondary N) is 2. The molecule has 2 rings (SSSR count). The van der Waals surface area contributed by atoms with Gasteiger partial charge in [-0.2, -0.15) is 0 Å². The number of hydrogen-bond donors (Lipinski definition) is 2. The van der Waals surface area contributed by atoms with Crippen LogP contribution in [-0.2, 0) is 6.42 Å². The number of aryl methyl sites for hydroxylation is 2. The van der Waals surface area contributed by atoms with Crippen molar-refractivity contribution in [3.05, 3.63) is 15.6 Å². The second kappa shape index (κ2) is 9.37. The van der Waals surface area contributed by atoms with Gasteiger partial charge in [0.15, 0.2) is 5.96 Å². The van der Waals surface area contributed by atoms with Crippen molar-refractivity contribution in [1.82, 2.24) is 20.5 Å². The first-order valence-electron chi connectivity index (χ1n) is 9.14. The first-order chi connectivity index (χ1) is 11.5. The van der Waals surface area contributed by atoms with Gasteiger partial charge in [-0.3, -0.25) is 9.89 Å². The summed E-state index contributed by atoms with van der Waals surface area (Å²) < 4.78 is 0. The van der Waals surface area contributed by atoms with Gasteiger partial charge in [0.2, 0.25) is 0 Å². The molecule has 1 aliphatic rings. The van der Waals surface area contributed by atoms with Crippen molar-refractivity contribution in [2.24, 2.45) is 4.99 Å². The molecule has 24 heavy (non-hydrogen) atoms. The maximum absolute atomic E-state index is 4.59. The molecule has 1 aromatic heterocycles. The third kappa shape index (κ3) is 5.45. The van der Waals surface area contributed by atoms with Gasteiger partial charge < -0.3 is 10.6 Å². The maximum atomic E-state index is 4.59. The number of rotatable bonds is 6. The van der Waals surface area contributed by atoms with Crippen molar-refractivity contribution in [1.29, 1.82) is 0 Å². The Morgan fingerprint density at radius 3 is 2.79 bits per heavy atom. The standard InChI is InChI=1S/C18H33N5S/c1-13-8-6-7-11-23(13)14(2)12-21-18(19-5)20-10-9-17-22-15(3)16(4)24-17/h13-14H,6-12H2,1-5H3,(H2,19,20,21). The SMILES string of the molecule is CN=C(NCCc1nc(C)c(C)s1)NCC(C)N1CCCCC1C. The number of guanidine groups is 1. The van der Waals surface area contributed by atoms with Gasteiger partial charge in [-0.05, 0) is 47.1 Å². The Balaban J connectivity index is 1.71. The molecule has 0 bridgehead atoms. The highest BCUT2D eigenvalue weighted by molar-refractivity contribution is 7.11. The number of aliphatic imine (C=N–C) groups is 1. The van der Waals surface area contributed by atoms with Crippen LogP contribution >= 0.6 is 11.3 Å². The third-order valence-electron chi connectivity index (χ3n) is 4.91. The van der Waals surface area contributed by atoms with E-state index in [-0.39, 0.29) is 0 Å². The van der Waals surface area contributed by atoms with Crippen molar-refractivity contribution >= 4 is 17.3 Å². The average Bonchev–Trinajstić information content (AvgIpc) is 2.89. The lowest BCUT2D eigenvalue weighted by Gasteiger charge is -2.38. The van der Waals surface area contributed by atoms with Gasteiger partial charge in [-0.25, -0.2) is 4.98 Å². The molecule has 0 amide bonds. The molecule has 1 saturated heterocycles. The summed E-state index contributed by atoms with van der Waals surface area (Å²) in [5, 5.41) is 8.07. The molecule has 5 nitrogen and oxygen atoms in total. The third-order valence-corrected chi connectivity index (χ3v) is 6.05. The Morgan fingerprint density at radius 1 is 1.38 bits per heavy atom. The lowest BCUT2D eigenvalue weighted by atomic mass is 10.0. The van der Waals surface area contributed by atoms with E-state index in [0.717, 1.165) is 31.2 Å². The predicted octanol–water partition coefficient (Wildman–Crippen LogP) is 2.73. The monoisotopic (exact) mass is 351 g/mol. The van der Waals surface area contributed by atoms with Crippen LogP contribution in [-0.4, -0.2) is 54.6 Å². The Labute approximate surface area is 151 Å². The molecule has 2 N–H and O–H groups in total. The van der Waals surface area contributed by atoms with Crippen LogP contribution in [0.2, 0.25) is 0 Å². The van der Waals surface area contributed by atoms with Crippen LogP contribution in [0, 0.1) is 13.8 Å². The zero-order valence-corrected chi connectivity index (χ0v) is 16.7. The van der Waals surface area contributed by atoms with Gasteiger partial charge in [0.1, 0.15) is 0 Å². The molecule has 0 saturated carbocycles. The zero-order valence-electron chi connectivity index (χ0n) is 15.9. The van der Waals surface area contributed by atoms with E-state index in [2.05, 4.69) is 53.2 Å². The molecule has 1 aromatic rings. The van der Waals surface area contributed by atoms with Crippen LogP contribution in [0.4, 0.5) is 0 Å². The molecule has 0 aromatic carbocycles. The minimum Gasteiger partial charge on any atom is -0.356 e. The normalized spacial score (nSPS) is 20.9. The summed E-state index contributed by atoms with van der Waals surface area (Å²) in [6, 6.07) is 1.23. The molecular formula is C18H33N5S. The second-order valence-electron chi connectivity index (χ2n) is 6.81. The lowest BCUT2D eigenvalue weighted by molar-refractivity contribution is 0.115. The van der Waals surface area contributed by atoms with Crippen LogP contribution in [0.5, 0.6) is 0 Å². The van der Waals surface area contributed by atoms with Crippen molar-refractivity contribution in [3.63, 3.8) is 0 Å². The quantitative estimate of drug-likeness (QED) is 0.611. The van der Waals surface area contributed by atoms with E-state index in [1.54, 1.807) is 11.3 Å².